The Morgan fingerprint density at radius 1 is 1.27 bits per heavy atom. The maximum absolute atomic E-state index is 12.7. The van der Waals surface area contributed by atoms with Gasteiger partial charge in [-0.25, -0.2) is 4.39 Å². The van der Waals surface area contributed by atoms with Crippen LogP contribution in [0.3, 0.4) is 0 Å². The van der Waals surface area contributed by atoms with Crippen LogP contribution in [0.5, 0.6) is 0 Å². The number of carbonyl (C=O) groups is 1. The number of likely N-dealkylation sites (tertiary alicyclic amines) is 1. The highest BCUT2D eigenvalue weighted by molar-refractivity contribution is 5.98. The van der Waals surface area contributed by atoms with Crippen LogP contribution in [0.15, 0.2) is 42.4 Å². The minimum Gasteiger partial charge on any atom is -0.343 e. The van der Waals surface area contributed by atoms with E-state index in [1.807, 2.05) is 39.9 Å². The monoisotopic (exact) mass is 301 g/mol. The Balaban J connectivity index is 1.87. The Bertz CT molecular complexity index is 714. The van der Waals surface area contributed by atoms with E-state index in [9.17, 15) is 9.18 Å². The summed E-state index contributed by atoms with van der Waals surface area (Å²) in [6.07, 6.45) is 4.63. The van der Waals surface area contributed by atoms with Gasteiger partial charge in [-0.1, -0.05) is 0 Å². The van der Waals surface area contributed by atoms with E-state index in [4.69, 9.17) is 5.73 Å². The second kappa shape index (κ2) is 6.32. The summed E-state index contributed by atoms with van der Waals surface area (Å²) in [4.78, 5) is 14.3. The Labute approximate surface area is 129 Å². The predicted octanol–water partition coefficient (Wildman–Crippen LogP) is 2.69. The molecular weight excluding hydrogens is 281 g/mol. The highest BCUT2D eigenvalue weighted by Gasteiger charge is 2.19. The number of rotatable bonds is 4. The van der Waals surface area contributed by atoms with E-state index in [1.54, 1.807) is 0 Å². The van der Waals surface area contributed by atoms with E-state index in [0.717, 1.165) is 36.8 Å². The number of hydrogen-bond acceptors (Lipinski definition) is 2. The van der Waals surface area contributed by atoms with Crippen molar-refractivity contribution in [3.05, 3.63) is 47.9 Å². The first kappa shape index (κ1) is 14.8. The fourth-order valence-electron chi connectivity index (χ4n) is 2.94. The van der Waals surface area contributed by atoms with Gasteiger partial charge in [0.2, 0.25) is 0 Å². The molecule has 0 unspecified atom stereocenters. The predicted molar refractivity (Wildman–Crippen MR) is 85.3 cm³/mol. The minimum atomic E-state index is 0.0958. The topological polar surface area (TPSA) is 51.3 Å². The number of amides is 1. The van der Waals surface area contributed by atoms with E-state index in [2.05, 4.69) is 0 Å². The molecule has 2 heterocycles. The molecule has 0 saturated carbocycles. The maximum Gasteiger partial charge on any atom is 0.253 e. The summed E-state index contributed by atoms with van der Waals surface area (Å²) in [6, 6.07) is 7.63. The third-order valence-corrected chi connectivity index (χ3v) is 4.20. The van der Waals surface area contributed by atoms with Crippen LogP contribution in [-0.2, 0) is 6.54 Å². The standard InChI is InChI=1S/C17H20FN3O/c18-10-13(11-19)12-21-8-5-14-9-15(3-4-16(14)21)17(22)20-6-1-2-7-20/h3-5,8-10H,1-2,6-7,11-12,19H2. The Kier molecular flexibility index (Phi) is 4.24. The largest absolute Gasteiger partial charge is 0.343 e. The van der Waals surface area contributed by atoms with Gasteiger partial charge in [0.15, 0.2) is 0 Å². The third-order valence-electron chi connectivity index (χ3n) is 4.20. The third kappa shape index (κ3) is 2.76. The lowest BCUT2D eigenvalue weighted by molar-refractivity contribution is 0.0793. The fourth-order valence-corrected chi connectivity index (χ4v) is 2.94. The molecule has 1 saturated heterocycles. The number of carbonyl (C=O) groups excluding carboxylic acids is 1. The quantitative estimate of drug-likeness (QED) is 0.944. The van der Waals surface area contributed by atoms with Crippen LogP contribution in [0.25, 0.3) is 10.9 Å². The van der Waals surface area contributed by atoms with Crippen molar-refractivity contribution in [2.24, 2.45) is 5.73 Å². The van der Waals surface area contributed by atoms with Gasteiger partial charge in [-0.3, -0.25) is 4.79 Å². The highest BCUT2D eigenvalue weighted by atomic mass is 19.1. The van der Waals surface area contributed by atoms with E-state index in [1.165, 1.54) is 0 Å². The summed E-state index contributed by atoms with van der Waals surface area (Å²) in [5.74, 6) is 0.0958. The van der Waals surface area contributed by atoms with Gasteiger partial charge in [-0.05, 0) is 42.7 Å². The van der Waals surface area contributed by atoms with Crippen molar-refractivity contribution < 1.29 is 9.18 Å². The van der Waals surface area contributed by atoms with E-state index < -0.39 is 0 Å². The summed E-state index contributed by atoms with van der Waals surface area (Å²) >= 11 is 0. The molecule has 0 spiro atoms. The molecule has 0 aliphatic carbocycles. The molecule has 4 nitrogen and oxygen atoms in total. The van der Waals surface area contributed by atoms with E-state index >= 15 is 0 Å². The highest BCUT2D eigenvalue weighted by Crippen LogP contribution is 2.21. The van der Waals surface area contributed by atoms with Crippen molar-refractivity contribution in [1.82, 2.24) is 9.47 Å². The van der Waals surface area contributed by atoms with Gasteiger partial charge >= 0.3 is 0 Å². The second-order valence-electron chi connectivity index (χ2n) is 5.69. The molecule has 2 N–H and O–H groups in total. The number of fused-ring (bicyclic) bond motifs is 1. The van der Waals surface area contributed by atoms with Gasteiger partial charge in [0.05, 0.1) is 6.33 Å². The molecule has 22 heavy (non-hydrogen) atoms. The molecule has 2 aromatic rings. The number of nitrogens with zero attached hydrogens (tertiary/aromatic N) is 2. The summed E-state index contributed by atoms with van der Waals surface area (Å²) in [5.41, 5.74) is 7.74. The van der Waals surface area contributed by atoms with Crippen LogP contribution in [0.4, 0.5) is 4.39 Å². The molecule has 3 rings (SSSR count). The van der Waals surface area contributed by atoms with Crippen LogP contribution in [-0.4, -0.2) is 35.0 Å². The van der Waals surface area contributed by atoms with E-state index in [-0.39, 0.29) is 12.5 Å². The Morgan fingerprint density at radius 2 is 2.05 bits per heavy atom. The fraction of sp³-hybridized carbons (Fsp3) is 0.353. The van der Waals surface area contributed by atoms with Crippen molar-refractivity contribution in [3.63, 3.8) is 0 Å². The number of nitrogens with two attached hydrogens (primary N) is 1. The Morgan fingerprint density at radius 3 is 2.73 bits per heavy atom. The first-order valence-corrected chi connectivity index (χ1v) is 7.59. The lowest BCUT2D eigenvalue weighted by Gasteiger charge is -2.15. The number of hydrogen-bond donors (Lipinski definition) is 1. The molecule has 0 atom stereocenters. The van der Waals surface area contributed by atoms with Gasteiger partial charge < -0.3 is 15.2 Å². The van der Waals surface area contributed by atoms with Gasteiger partial charge in [-0.15, -0.1) is 0 Å². The van der Waals surface area contributed by atoms with Crippen molar-refractivity contribution in [3.8, 4) is 0 Å². The second-order valence-corrected chi connectivity index (χ2v) is 5.69. The molecule has 1 aromatic heterocycles. The minimum absolute atomic E-state index is 0.0958. The summed E-state index contributed by atoms with van der Waals surface area (Å²) in [7, 11) is 0. The summed E-state index contributed by atoms with van der Waals surface area (Å²) in [6.45, 7) is 2.32. The SMILES string of the molecule is NCC(=CF)Cn1ccc2cc(C(=O)N3CCCC3)ccc21. The summed E-state index contributed by atoms with van der Waals surface area (Å²) < 4.78 is 14.6. The van der Waals surface area contributed by atoms with Crippen LogP contribution in [0, 0.1) is 0 Å². The molecule has 1 aliphatic heterocycles. The first-order valence-electron chi connectivity index (χ1n) is 7.59. The number of halogens is 1. The Hall–Kier alpha value is -2.14. The van der Waals surface area contributed by atoms with Crippen molar-refractivity contribution >= 4 is 16.8 Å². The first-order chi connectivity index (χ1) is 10.7. The molecule has 1 amide bonds. The number of benzene rings is 1. The van der Waals surface area contributed by atoms with Crippen LogP contribution >= 0.6 is 0 Å². The van der Waals surface area contributed by atoms with Crippen molar-refractivity contribution in [2.75, 3.05) is 19.6 Å². The van der Waals surface area contributed by atoms with Crippen LogP contribution in [0.2, 0.25) is 0 Å². The lowest BCUT2D eigenvalue weighted by atomic mass is 10.1. The molecule has 0 radical (unpaired) electrons. The zero-order chi connectivity index (χ0) is 15.5. The van der Waals surface area contributed by atoms with Crippen LogP contribution in [0.1, 0.15) is 23.2 Å². The zero-order valence-electron chi connectivity index (χ0n) is 12.5. The molecular formula is C17H20FN3O. The average molecular weight is 301 g/mol. The molecule has 1 fully saturated rings. The molecule has 1 aromatic carbocycles. The maximum atomic E-state index is 12.7. The molecule has 116 valence electrons. The molecule has 0 bridgehead atoms. The zero-order valence-corrected chi connectivity index (χ0v) is 12.5. The summed E-state index contributed by atoms with van der Waals surface area (Å²) in [5, 5.41) is 0.986. The average Bonchev–Trinajstić information content (AvgIpc) is 3.21. The van der Waals surface area contributed by atoms with Crippen LogP contribution < -0.4 is 5.73 Å². The van der Waals surface area contributed by atoms with Gasteiger partial charge in [-0.2, -0.15) is 0 Å². The molecule has 1 aliphatic rings. The van der Waals surface area contributed by atoms with Crippen molar-refractivity contribution in [1.29, 1.82) is 0 Å². The van der Waals surface area contributed by atoms with Gasteiger partial charge in [0.1, 0.15) is 0 Å². The van der Waals surface area contributed by atoms with Crippen molar-refractivity contribution in [2.45, 2.75) is 19.4 Å². The lowest BCUT2D eigenvalue weighted by Crippen LogP contribution is -2.27. The molecule has 5 heteroatoms. The van der Waals surface area contributed by atoms with Gasteiger partial charge in [0, 0.05) is 48.8 Å². The smallest absolute Gasteiger partial charge is 0.253 e. The number of aromatic nitrogens is 1. The van der Waals surface area contributed by atoms with E-state index in [0.29, 0.717) is 24.0 Å². The van der Waals surface area contributed by atoms with Gasteiger partial charge in [0.25, 0.3) is 5.91 Å². The normalized spacial score (nSPS) is 15.7.